The molecule has 0 aliphatic rings. The Morgan fingerprint density at radius 1 is 1.44 bits per heavy atom. The summed E-state index contributed by atoms with van der Waals surface area (Å²) in [5.41, 5.74) is 0.858. The van der Waals surface area contributed by atoms with E-state index in [-0.39, 0.29) is 11.9 Å². The van der Waals surface area contributed by atoms with Gasteiger partial charge in [0.1, 0.15) is 6.04 Å². The lowest BCUT2D eigenvalue weighted by Gasteiger charge is -2.22. The lowest BCUT2D eigenvalue weighted by molar-refractivity contribution is -0.120. The van der Waals surface area contributed by atoms with Crippen LogP contribution < -0.4 is 5.32 Å². The number of thiazole rings is 1. The van der Waals surface area contributed by atoms with Gasteiger partial charge in [-0.3, -0.25) is 14.7 Å². The molecule has 0 aliphatic heterocycles. The number of likely N-dealkylation sites (N-methyl/N-ethyl adjacent to an activating group) is 1. The first-order valence-corrected chi connectivity index (χ1v) is 6.33. The molecule has 0 bridgehead atoms. The fourth-order valence-corrected chi connectivity index (χ4v) is 2.21. The number of carbonyl (C=O) groups is 1. The Balaban J connectivity index is 2.18. The number of nitrogens with one attached hydrogen (secondary N) is 1. The topological polar surface area (TPSA) is 58.1 Å². The summed E-state index contributed by atoms with van der Waals surface area (Å²) < 4.78 is 0. The van der Waals surface area contributed by atoms with Gasteiger partial charge in [0.2, 0.25) is 5.91 Å². The van der Waals surface area contributed by atoms with Crippen LogP contribution in [0.25, 0.3) is 0 Å². The Hall–Kier alpha value is -1.79. The Labute approximate surface area is 109 Å². The zero-order chi connectivity index (χ0) is 13.0. The molecule has 0 radical (unpaired) electrons. The molecule has 2 rings (SSSR count). The quantitative estimate of drug-likeness (QED) is 0.912. The molecule has 0 aromatic carbocycles. The molecular weight excluding hydrogens is 248 g/mol. The lowest BCUT2D eigenvalue weighted by atomic mass is 10.1. The molecule has 0 aliphatic carbocycles. The Morgan fingerprint density at radius 3 is 2.83 bits per heavy atom. The van der Waals surface area contributed by atoms with Crippen molar-refractivity contribution in [3.05, 3.63) is 41.7 Å². The lowest BCUT2D eigenvalue weighted by Crippen LogP contribution is -2.32. The summed E-state index contributed by atoms with van der Waals surface area (Å²) >= 11 is 1.40. The monoisotopic (exact) mass is 262 g/mol. The molecule has 0 saturated heterocycles. The Morgan fingerprint density at radius 2 is 2.28 bits per heavy atom. The van der Waals surface area contributed by atoms with Crippen LogP contribution in [-0.4, -0.2) is 34.9 Å². The summed E-state index contributed by atoms with van der Waals surface area (Å²) in [6, 6.07) is 3.34. The molecule has 0 fully saturated rings. The van der Waals surface area contributed by atoms with Crippen molar-refractivity contribution in [1.29, 1.82) is 0 Å². The van der Waals surface area contributed by atoms with Crippen molar-refractivity contribution in [2.45, 2.75) is 6.04 Å². The van der Waals surface area contributed by atoms with Gasteiger partial charge in [0.05, 0.1) is 0 Å². The van der Waals surface area contributed by atoms with Gasteiger partial charge in [-0.05, 0) is 25.7 Å². The van der Waals surface area contributed by atoms with Gasteiger partial charge in [-0.25, -0.2) is 4.98 Å². The van der Waals surface area contributed by atoms with Gasteiger partial charge in [0.15, 0.2) is 5.13 Å². The smallest absolute Gasteiger partial charge is 0.248 e. The van der Waals surface area contributed by atoms with Gasteiger partial charge in [-0.15, -0.1) is 11.3 Å². The number of amides is 1. The third-order valence-electron chi connectivity index (χ3n) is 2.43. The highest BCUT2D eigenvalue weighted by Gasteiger charge is 2.23. The second kappa shape index (κ2) is 5.70. The highest BCUT2D eigenvalue weighted by atomic mass is 32.1. The number of anilines is 1. The molecule has 2 aromatic heterocycles. The summed E-state index contributed by atoms with van der Waals surface area (Å²) in [5, 5.41) is 5.23. The van der Waals surface area contributed by atoms with Crippen molar-refractivity contribution in [2.24, 2.45) is 0 Å². The van der Waals surface area contributed by atoms with E-state index in [1.54, 1.807) is 18.6 Å². The third kappa shape index (κ3) is 2.91. The zero-order valence-corrected chi connectivity index (χ0v) is 11.0. The van der Waals surface area contributed by atoms with E-state index in [0.717, 1.165) is 5.56 Å². The number of hydrogen-bond donors (Lipinski definition) is 1. The molecule has 0 saturated carbocycles. The van der Waals surface area contributed by atoms with E-state index < -0.39 is 0 Å². The average Bonchev–Trinajstić information content (AvgIpc) is 2.83. The first-order chi connectivity index (χ1) is 8.68. The maximum Gasteiger partial charge on any atom is 0.248 e. The van der Waals surface area contributed by atoms with Gasteiger partial charge < -0.3 is 5.32 Å². The van der Waals surface area contributed by atoms with E-state index in [1.807, 2.05) is 36.5 Å². The first-order valence-electron chi connectivity index (χ1n) is 5.45. The summed E-state index contributed by atoms with van der Waals surface area (Å²) in [5.74, 6) is -0.108. The SMILES string of the molecule is CN(C)C(C(=O)Nc1nccs1)c1cccnc1. The number of hydrogen-bond acceptors (Lipinski definition) is 5. The van der Waals surface area contributed by atoms with Gasteiger partial charge >= 0.3 is 0 Å². The fraction of sp³-hybridized carbons (Fsp3) is 0.250. The van der Waals surface area contributed by atoms with E-state index in [2.05, 4.69) is 15.3 Å². The van der Waals surface area contributed by atoms with Gasteiger partial charge in [-0.2, -0.15) is 0 Å². The second-order valence-corrected chi connectivity index (χ2v) is 4.87. The molecule has 2 heterocycles. The van der Waals surface area contributed by atoms with Crippen LogP contribution in [-0.2, 0) is 4.79 Å². The van der Waals surface area contributed by atoms with Gasteiger partial charge in [0.25, 0.3) is 0 Å². The molecule has 6 heteroatoms. The van der Waals surface area contributed by atoms with Crippen LogP contribution in [0.1, 0.15) is 11.6 Å². The summed E-state index contributed by atoms with van der Waals surface area (Å²) in [4.78, 5) is 22.2. The molecule has 94 valence electrons. The average molecular weight is 262 g/mol. The maximum absolute atomic E-state index is 12.2. The summed E-state index contributed by atoms with van der Waals surface area (Å²) in [6.45, 7) is 0. The van der Waals surface area contributed by atoms with Crippen molar-refractivity contribution in [3.8, 4) is 0 Å². The molecule has 2 aromatic rings. The van der Waals surface area contributed by atoms with Crippen LogP contribution in [0.15, 0.2) is 36.1 Å². The highest BCUT2D eigenvalue weighted by Crippen LogP contribution is 2.20. The minimum atomic E-state index is -0.373. The van der Waals surface area contributed by atoms with Crippen molar-refractivity contribution in [3.63, 3.8) is 0 Å². The number of rotatable bonds is 4. The van der Waals surface area contributed by atoms with Crippen LogP contribution in [0.3, 0.4) is 0 Å². The maximum atomic E-state index is 12.2. The Kier molecular flexibility index (Phi) is 4.01. The van der Waals surface area contributed by atoms with Gasteiger partial charge in [-0.1, -0.05) is 6.07 Å². The van der Waals surface area contributed by atoms with E-state index in [0.29, 0.717) is 5.13 Å². The van der Waals surface area contributed by atoms with Crippen LogP contribution in [0.5, 0.6) is 0 Å². The largest absolute Gasteiger partial charge is 0.300 e. The predicted octanol–water partition coefficient (Wildman–Crippen LogP) is 1.78. The van der Waals surface area contributed by atoms with Crippen molar-refractivity contribution >= 4 is 22.4 Å². The van der Waals surface area contributed by atoms with Crippen LogP contribution >= 0.6 is 11.3 Å². The van der Waals surface area contributed by atoms with Crippen molar-refractivity contribution in [1.82, 2.24) is 14.9 Å². The van der Waals surface area contributed by atoms with Crippen LogP contribution in [0.2, 0.25) is 0 Å². The number of carbonyl (C=O) groups excluding carboxylic acids is 1. The van der Waals surface area contributed by atoms with E-state index in [4.69, 9.17) is 0 Å². The number of nitrogens with zero attached hydrogens (tertiary/aromatic N) is 3. The molecule has 18 heavy (non-hydrogen) atoms. The standard InChI is InChI=1S/C12H14N4OS/c1-16(2)10(9-4-3-5-13-8-9)11(17)15-12-14-6-7-18-12/h3-8,10H,1-2H3,(H,14,15,17). The second-order valence-electron chi connectivity index (χ2n) is 3.98. The normalized spacial score (nSPS) is 12.4. The minimum absolute atomic E-state index is 0.108. The van der Waals surface area contributed by atoms with Crippen molar-refractivity contribution in [2.75, 3.05) is 19.4 Å². The van der Waals surface area contributed by atoms with Gasteiger partial charge in [0, 0.05) is 24.0 Å². The highest BCUT2D eigenvalue weighted by molar-refractivity contribution is 7.13. The summed E-state index contributed by atoms with van der Waals surface area (Å²) in [7, 11) is 3.72. The third-order valence-corrected chi connectivity index (χ3v) is 3.12. The minimum Gasteiger partial charge on any atom is -0.300 e. The molecule has 1 amide bonds. The zero-order valence-electron chi connectivity index (χ0n) is 10.2. The molecule has 0 spiro atoms. The number of aromatic nitrogens is 2. The fourth-order valence-electron chi connectivity index (χ4n) is 1.68. The van der Waals surface area contributed by atoms with Crippen LogP contribution in [0.4, 0.5) is 5.13 Å². The molecule has 1 N–H and O–H groups in total. The van der Waals surface area contributed by atoms with E-state index in [9.17, 15) is 4.79 Å². The van der Waals surface area contributed by atoms with E-state index >= 15 is 0 Å². The van der Waals surface area contributed by atoms with E-state index in [1.165, 1.54) is 11.3 Å². The van der Waals surface area contributed by atoms with Crippen molar-refractivity contribution < 1.29 is 4.79 Å². The molecular formula is C12H14N4OS. The molecule has 5 nitrogen and oxygen atoms in total. The van der Waals surface area contributed by atoms with Crippen LogP contribution in [0, 0.1) is 0 Å². The summed E-state index contributed by atoms with van der Waals surface area (Å²) in [6.07, 6.45) is 5.05. The molecule has 1 unspecified atom stereocenters. The Bertz CT molecular complexity index is 498. The molecule has 1 atom stereocenters. The predicted molar refractivity (Wildman–Crippen MR) is 71.4 cm³/mol. The number of pyridine rings is 1. The first kappa shape index (κ1) is 12.7.